The molecule has 8 heteroatoms. The van der Waals surface area contributed by atoms with E-state index in [1.807, 2.05) is 18.4 Å². The van der Waals surface area contributed by atoms with Crippen LogP contribution in [-0.4, -0.2) is 34.7 Å². The average Bonchev–Trinajstić information content (AvgIpc) is 2.89. The highest BCUT2D eigenvalue weighted by Crippen LogP contribution is 2.20. The van der Waals surface area contributed by atoms with Crippen LogP contribution in [0.1, 0.15) is 18.3 Å². The molecule has 0 bridgehead atoms. The second-order valence-electron chi connectivity index (χ2n) is 5.37. The van der Waals surface area contributed by atoms with E-state index in [0.717, 1.165) is 11.4 Å². The first kappa shape index (κ1) is 13.6. The SMILES string of the molecule is Cc1c(C)n2c3c(=O)[nH]c(=O)n(C)c3nc2n1C[C@@H](C)O. The summed E-state index contributed by atoms with van der Waals surface area (Å²) in [6, 6.07) is 0. The molecule has 1 atom stereocenters. The molecule has 0 saturated heterocycles. The van der Waals surface area contributed by atoms with Crippen molar-refractivity contribution in [1.82, 2.24) is 23.5 Å². The largest absolute Gasteiger partial charge is 0.392 e. The van der Waals surface area contributed by atoms with Crippen molar-refractivity contribution in [1.29, 1.82) is 0 Å². The summed E-state index contributed by atoms with van der Waals surface area (Å²) in [6.45, 7) is 5.86. The number of hydrogen-bond acceptors (Lipinski definition) is 4. The molecule has 112 valence electrons. The Hall–Kier alpha value is -2.35. The molecule has 0 unspecified atom stereocenters. The molecule has 0 aromatic carbocycles. The molecule has 0 aliphatic rings. The van der Waals surface area contributed by atoms with Gasteiger partial charge in [0.25, 0.3) is 5.56 Å². The van der Waals surface area contributed by atoms with Crippen LogP contribution in [0.25, 0.3) is 16.9 Å². The molecule has 3 aromatic rings. The lowest BCUT2D eigenvalue weighted by molar-refractivity contribution is 0.174. The first-order valence-electron chi connectivity index (χ1n) is 6.68. The Kier molecular flexibility index (Phi) is 2.80. The molecule has 21 heavy (non-hydrogen) atoms. The molecular weight excluding hydrogens is 274 g/mol. The Morgan fingerprint density at radius 2 is 1.95 bits per heavy atom. The van der Waals surface area contributed by atoms with Crippen LogP contribution in [0.2, 0.25) is 0 Å². The minimum Gasteiger partial charge on any atom is -0.392 e. The molecule has 0 radical (unpaired) electrons. The number of aliphatic hydroxyl groups excluding tert-OH is 1. The lowest BCUT2D eigenvalue weighted by Gasteiger charge is -2.08. The topological polar surface area (TPSA) is 97.3 Å². The summed E-state index contributed by atoms with van der Waals surface area (Å²) >= 11 is 0. The molecule has 3 heterocycles. The molecule has 3 aromatic heterocycles. The van der Waals surface area contributed by atoms with E-state index in [0.29, 0.717) is 23.5 Å². The first-order chi connectivity index (χ1) is 9.82. The standard InChI is InChI=1S/C13H17N5O3/c1-6(19)5-17-7(2)8(3)18-9-10(14-12(17)18)16(4)13(21)15-11(9)20/h6,19H,5H2,1-4H3,(H,15,20,21)/t6-/m1/s1. The summed E-state index contributed by atoms with van der Waals surface area (Å²) in [5.41, 5.74) is 1.51. The van der Waals surface area contributed by atoms with Gasteiger partial charge in [-0.05, 0) is 20.8 Å². The zero-order chi connectivity index (χ0) is 15.5. The fourth-order valence-electron chi connectivity index (χ4n) is 2.66. The van der Waals surface area contributed by atoms with Crippen molar-refractivity contribution in [3.8, 4) is 0 Å². The van der Waals surface area contributed by atoms with E-state index in [1.54, 1.807) is 18.4 Å². The number of aryl methyl sites for hydroxylation is 2. The molecule has 0 fully saturated rings. The predicted octanol–water partition coefficient (Wildman–Crippen LogP) is -0.326. The van der Waals surface area contributed by atoms with Gasteiger partial charge in [-0.15, -0.1) is 0 Å². The van der Waals surface area contributed by atoms with Gasteiger partial charge in [-0.1, -0.05) is 0 Å². The van der Waals surface area contributed by atoms with E-state index in [2.05, 4.69) is 9.97 Å². The number of imidazole rings is 2. The minimum atomic E-state index is -0.541. The van der Waals surface area contributed by atoms with Crippen molar-refractivity contribution in [2.75, 3.05) is 0 Å². The van der Waals surface area contributed by atoms with Crippen molar-refractivity contribution in [2.45, 2.75) is 33.4 Å². The Morgan fingerprint density at radius 1 is 1.29 bits per heavy atom. The van der Waals surface area contributed by atoms with Gasteiger partial charge in [0.2, 0.25) is 5.78 Å². The van der Waals surface area contributed by atoms with E-state index in [4.69, 9.17) is 0 Å². The van der Waals surface area contributed by atoms with Gasteiger partial charge in [0.05, 0.1) is 12.6 Å². The smallest absolute Gasteiger partial charge is 0.329 e. The van der Waals surface area contributed by atoms with Gasteiger partial charge in [0, 0.05) is 18.4 Å². The maximum Gasteiger partial charge on any atom is 0.329 e. The van der Waals surface area contributed by atoms with Crippen LogP contribution in [0.5, 0.6) is 0 Å². The number of hydrogen-bond donors (Lipinski definition) is 2. The van der Waals surface area contributed by atoms with E-state index < -0.39 is 17.4 Å². The lowest BCUT2D eigenvalue weighted by atomic mass is 10.3. The number of fused-ring (bicyclic) bond motifs is 3. The van der Waals surface area contributed by atoms with Gasteiger partial charge in [0.1, 0.15) is 0 Å². The first-order valence-corrected chi connectivity index (χ1v) is 6.68. The molecular formula is C13H17N5O3. The lowest BCUT2D eigenvalue weighted by Crippen LogP contribution is -2.28. The molecule has 0 spiro atoms. The number of nitrogens with one attached hydrogen (secondary N) is 1. The van der Waals surface area contributed by atoms with Crippen LogP contribution in [0.3, 0.4) is 0 Å². The second-order valence-corrected chi connectivity index (χ2v) is 5.37. The third kappa shape index (κ3) is 1.75. The van der Waals surface area contributed by atoms with Crippen molar-refractivity contribution in [2.24, 2.45) is 7.05 Å². The van der Waals surface area contributed by atoms with Gasteiger partial charge in [-0.3, -0.25) is 18.7 Å². The Bertz CT molecular complexity index is 970. The van der Waals surface area contributed by atoms with Crippen LogP contribution in [0.15, 0.2) is 9.59 Å². The van der Waals surface area contributed by atoms with E-state index in [-0.39, 0.29) is 0 Å². The molecule has 0 aliphatic carbocycles. The third-order valence-electron chi connectivity index (χ3n) is 3.85. The molecule has 2 N–H and O–H groups in total. The Labute approximate surface area is 119 Å². The van der Waals surface area contributed by atoms with Crippen molar-refractivity contribution in [3.05, 3.63) is 32.2 Å². The predicted molar refractivity (Wildman–Crippen MR) is 77.7 cm³/mol. The maximum atomic E-state index is 12.1. The normalized spacial score (nSPS) is 13.4. The van der Waals surface area contributed by atoms with E-state index in [9.17, 15) is 14.7 Å². The van der Waals surface area contributed by atoms with Crippen molar-refractivity contribution < 1.29 is 5.11 Å². The summed E-state index contributed by atoms with van der Waals surface area (Å²) in [6.07, 6.45) is -0.541. The summed E-state index contributed by atoms with van der Waals surface area (Å²) in [4.78, 5) is 30.5. The molecule has 3 rings (SSSR count). The number of aliphatic hydroxyl groups is 1. The van der Waals surface area contributed by atoms with Gasteiger partial charge in [-0.2, -0.15) is 4.98 Å². The molecule has 8 nitrogen and oxygen atoms in total. The highest BCUT2D eigenvalue weighted by atomic mass is 16.3. The number of rotatable bonds is 2. The summed E-state index contributed by atoms with van der Waals surface area (Å²) < 4.78 is 4.89. The van der Waals surface area contributed by atoms with Crippen LogP contribution >= 0.6 is 0 Å². The number of aromatic amines is 1. The second kappa shape index (κ2) is 4.32. The Balaban J connectivity index is 2.55. The molecule has 0 saturated carbocycles. The summed E-state index contributed by atoms with van der Waals surface area (Å²) in [7, 11) is 1.56. The third-order valence-corrected chi connectivity index (χ3v) is 3.85. The van der Waals surface area contributed by atoms with Crippen molar-refractivity contribution in [3.63, 3.8) is 0 Å². The van der Waals surface area contributed by atoms with Gasteiger partial charge in [0.15, 0.2) is 11.2 Å². The number of H-pyrrole nitrogens is 1. The highest BCUT2D eigenvalue weighted by Gasteiger charge is 2.20. The van der Waals surface area contributed by atoms with Gasteiger partial charge < -0.3 is 9.67 Å². The van der Waals surface area contributed by atoms with E-state index >= 15 is 0 Å². The van der Waals surface area contributed by atoms with Gasteiger partial charge in [-0.25, -0.2) is 4.79 Å². The molecule has 0 amide bonds. The van der Waals surface area contributed by atoms with Crippen LogP contribution in [0, 0.1) is 13.8 Å². The number of aromatic nitrogens is 5. The van der Waals surface area contributed by atoms with Gasteiger partial charge >= 0.3 is 5.69 Å². The van der Waals surface area contributed by atoms with Crippen LogP contribution < -0.4 is 11.2 Å². The Morgan fingerprint density at radius 3 is 2.57 bits per heavy atom. The highest BCUT2D eigenvalue weighted by molar-refractivity contribution is 5.76. The number of nitrogens with zero attached hydrogens (tertiary/aromatic N) is 4. The summed E-state index contributed by atoms with van der Waals surface area (Å²) in [5.74, 6) is 0.549. The fourth-order valence-corrected chi connectivity index (χ4v) is 2.66. The van der Waals surface area contributed by atoms with Crippen LogP contribution in [-0.2, 0) is 13.6 Å². The fraction of sp³-hybridized carbons (Fsp3) is 0.462. The average molecular weight is 291 g/mol. The molecule has 0 aliphatic heterocycles. The van der Waals surface area contributed by atoms with Crippen LogP contribution in [0.4, 0.5) is 0 Å². The zero-order valence-electron chi connectivity index (χ0n) is 12.3. The monoisotopic (exact) mass is 291 g/mol. The maximum absolute atomic E-state index is 12.1. The van der Waals surface area contributed by atoms with Crippen molar-refractivity contribution >= 4 is 16.9 Å². The summed E-state index contributed by atoms with van der Waals surface area (Å²) in [5, 5.41) is 9.65. The van der Waals surface area contributed by atoms with E-state index in [1.165, 1.54) is 4.57 Å². The minimum absolute atomic E-state index is 0.334. The quantitative estimate of drug-likeness (QED) is 0.676. The zero-order valence-corrected chi connectivity index (χ0v) is 12.3.